The van der Waals surface area contributed by atoms with Crippen molar-refractivity contribution in [3.63, 3.8) is 0 Å². The molecule has 0 bridgehead atoms. The van der Waals surface area contributed by atoms with Crippen LogP contribution in [0.1, 0.15) is 31.4 Å². The smallest absolute Gasteiger partial charge is 0.250 e. The van der Waals surface area contributed by atoms with E-state index in [1.54, 1.807) is 0 Å². The number of benzene rings is 2. The van der Waals surface area contributed by atoms with Gasteiger partial charge in [-0.3, -0.25) is 24.6 Å². The number of amides is 3. The summed E-state index contributed by atoms with van der Waals surface area (Å²) < 4.78 is 0. The molecule has 2 aromatic carbocycles. The van der Waals surface area contributed by atoms with E-state index < -0.39 is 17.4 Å². The molecule has 2 fully saturated rings. The van der Waals surface area contributed by atoms with E-state index in [1.807, 2.05) is 54.6 Å². The predicted octanol–water partition coefficient (Wildman–Crippen LogP) is 2.65. The molecular weight excluding hydrogens is 378 g/mol. The van der Waals surface area contributed by atoms with Crippen LogP contribution < -0.4 is 10.6 Å². The van der Waals surface area contributed by atoms with E-state index in [9.17, 15) is 14.4 Å². The molecule has 0 radical (unpaired) electrons. The Labute approximate surface area is 175 Å². The zero-order chi connectivity index (χ0) is 21.0. The number of likely N-dealkylation sites (tertiary alicyclic amines) is 1. The molecule has 0 unspecified atom stereocenters. The normalized spacial score (nSPS) is 30.5. The highest BCUT2D eigenvalue weighted by Gasteiger charge is 2.70. The van der Waals surface area contributed by atoms with Gasteiger partial charge in [0.05, 0.1) is 18.4 Å². The number of nitrogens with one attached hydrogen (secondary N) is 2. The molecule has 2 saturated heterocycles. The molecule has 3 aliphatic heterocycles. The van der Waals surface area contributed by atoms with Gasteiger partial charge in [0.15, 0.2) is 0 Å². The lowest BCUT2D eigenvalue weighted by Crippen LogP contribution is -2.54. The van der Waals surface area contributed by atoms with Gasteiger partial charge in [0.1, 0.15) is 5.54 Å². The molecule has 1 spiro atoms. The van der Waals surface area contributed by atoms with Crippen LogP contribution in [-0.2, 0) is 26.5 Å². The van der Waals surface area contributed by atoms with Gasteiger partial charge in [-0.05, 0) is 17.5 Å². The van der Waals surface area contributed by atoms with E-state index in [0.29, 0.717) is 5.69 Å². The Balaban J connectivity index is 1.62. The molecular formula is C24H25N3O3. The first-order chi connectivity index (χ1) is 14.5. The Morgan fingerprint density at radius 1 is 1.00 bits per heavy atom. The summed E-state index contributed by atoms with van der Waals surface area (Å²) in [7, 11) is 0. The number of fused-ring (bicyclic) bond motifs is 4. The summed E-state index contributed by atoms with van der Waals surface area (Å²) in [6.45, 7) is 4.38. The van der Waals surface area contributed by atoms with Gasteiger partial charge in [-0.1, -0.05) is 68.8 Å². The summed E-state index contributed by atoms with van der Waals surface area (Å²) in [5.41, 5.74) is 1.17. The number of anilines is 1. The molecule has 0 aliphatic carbocycles. The molecule has 30 heavy (non-hydrogen) atoms. The van der Waals surface area contributed by atoms with Crippen LogP contribution in [0.5, 0.6) is 0 Å². The standard InChI is InChI=1S/C24H25N3O3/c1-3-14(2)20-18-19(22(29)27(21(18)28)13-15-9-5-4-6-10-15)24(26-20)16-11-7-8-12-17(16)25-23(24)30/h4-12,14,18-20,26H,3,13H2,1-2H3,(H,25,30)/t14-,18+,19+,20-,24+/m1/s1. The summed E-state index contributed by atoms with van der Waals surface area (Å²) >= 11 is 0. The fourth-order valence-electron chi connectivity index (χ4n) is 5.41. The third kappa shape index (κ3) is 2.43. The largest absolute Gasteiger partial charge is 0.324 e. The van der Waals surface area contributed by atoms with Gasteiger partial charge in [-0.15, -0.1) is 0 Å². The second kappa shape index (κ2) is 6.77. The van der Waals surface area contributed by atoms with E-state index in [-0.39, 0.29) is 36.2 Å². The van der Waals surface area contributed by atoms with E-state index in [2.05, 4.69) is 24.5 Å². The van der Waals surface area contributed by atoms with E-state index >= 15 is 0 Å². The maximum atomic E-state index is 13.7. The molecule has 0 aromatic heterocycles. The van der Waals surface area contributed by atoms with Crippen molar-refractivity contribution in [2.75, 3.05) is 5.32 Å². The maximum Gasteiger partial charge on any atom is 0.250 e. The first kappa shape index (κ1) is 19.0. The van der Waals surface area contributed by atoms with Crippen LogP contribution in [0.15, 0.2) is 54.6 Å². The van der Waals surface area contributed by atoms with Crippen LogP contribution in [0, 0.1) is 17.8 Å². The number of imide groups is 1. The van der Waals surface area contributed by atoms with Crippen LogP contribution in [0.4, 0.5) is 5.69 Å². The lowest BCUT2D eigenvalue weighted by Gasteiger charge is -2.30. The zero-order valence-electron chi connectivity index (χ0n) is 17.1. The van der Waals surface area contributed by atoms with Crippen molar-refractivity contribution in [3.05, 3.63) is 65.7 Å². The minimum atomic E-state index is -1.20. The second-order valence-electron chi connectivity index (χ2n) is 8.62. The van der Waals surface area contributed by atoms with Crippen molar-refractivity contribution in [1.29, 1.82) is 0 Å². The fourth-order valence-corrected chi connectivity index (χ4v) is 5.41. The van der Waals surface area contributed by atoms with Crippen molar-refractivity contribution in [2.24, 2.45) is 17.8 Å². The molecule has 0 saturated carbocycles. The van der Waals surface area contributed by atoms with Crippen LogP contribution in [0.25, 0.3) is 0 Å². The van der Waals surface area contributed by atoms with Crippen molar-refractivity contribution in [3.8, 4) is 0 Å². The Kier molecular flexibility index (Phi) is 4.29. The molecule has 3 aliphatic rings. The first-order valence-electron chi connectivity index (χ1n) is 10.6. The highest BCUT2D eigenvalue weighted by atomic mass is 16.2. The van der Waals surface area contributed by atoms with Crippen LogP contribution in [0.3, 0.4) is 0 Å². The quantitative estimate of drug-likeness (QED) is 0.770. The van der Waals surface area contributed by atoms with Crippen molar-refractivity contribution >= 4 is 23.4 Å². The molecule has 2 aromatic rings. The van der Waals surface area contributed by atoms with Crippen LogP contribution >= 0.6 is 0 Å². The molecule has 2 N–H and O–H groups in total. The summed E-state index contributed by atoms with van der Waals surface area (Å²) in [6, 6.07) is 16.7. The summed E-state index contributed by atoms with van der Waals surface area (Å²) in [5, 5.41) is 6.43. The lowest BCUT2D eigenvalue weighted by molar-refractivity contribution is -0.143. The molecule has 6 nitrogen and oxygen atoms in total. The average molecular weight is 403 g/mol. The number of hydrogen-bond donors (Lipinski definition) is 2. The average Bonchev–Trinajstić information content (AvgIpc) is 3.35. The van der Waals surface area contributed by atoms with E-state index in [4.69, 9.17) is 0 Å². The van der Waals surface area contributed by atoms with E-state index in [0.717, 1.165) is 17.5 Å². The molecule has 3 amide bonds. The van der Waals surface area contributed by atoms with Crippen molar-refractivity contribution < 1.29 is 14.4 Å². The van der Waals surface area contributed by atoms with Gasteiger partial charge in [0.2, 0.25) is 17.7 Å². The fraction of sp³-hybridized carbons (Fsp3) is 0.375. The Bertz CT molecular complexity index is 1040. The van der Waals surface area contributed by atoms with Crippen molar-refractivity contribution in [1.82, 2.24) is 10.2 Å². The van der Waals surface area contributed by atoms with Crippen molar-refractivity contribution in [2.45, 2.75) is 38.4 Å². The van der Waals surface area contributed by atoms with Gasteiger partial charge in [-0.25, -0.2) is 0 Å². The monoisotopic (exact) mass is 403 g/mol. The number of carbonyl (C=O) groups excluding carboxylic acids is 3. The maximum absolute atomic E-state index is 13.7. The van der Waals surface area contributed by atoms with Gasteiger partial charge in [-0.2, -0.15) is 0 Å². The molecule has 5 atom stereocenters. The topological polar surface area (TPSA) is 78.5 Å². The summed E-state index contributed by atoms with van der Waals surface area (Å²) in [4.78, 5) is 41.9. The van der Waals surface area contributed by atoms with E-state index in [1.165, 1.54) is 4.90 Å². The molecule has 154 valence electrons. The summed E-state index contributed by atoms with van der Waals surface area (Å²) in [5.74, 6) is -1.83. The van der Waals surface area contributed by atoms with Crippen LogP contribution in [-0.4, -0.2) is 28.7 Å². The van der Waals surface area contributed by atoms with Gasteiger partial charge in [0, 0.05) is 17.3 Å². The highest BCUT2D eigenvalue weighted by molar-refractivity contribution is 6.15. The minimum Gasteiger partial charge on any atom is -0.324 e. The predicted molar refractivity (Wildman–Crippen MR) is 112 cm³/mol. The number of nitrogens with zero attached hydrogens (tertiary/aromatic N) is 1. The Morgan fingerprint density at radius 3 is 2.43 bits per heavy atom. The Hall–Kier alpha value is -2.99. The zero-order valence-corrected chi connectivity index (χ0v) is 17.1. The number of hydrogen-bond acceptors (Lipinski definition) is 4. The summed E-state index contributed by atoms with van der Waals surface area (Å²) in [6.07, 6.45) is 0.848. The minimum absolute atomic E-state index is 0.144. The van der Waals surface area contributed by atoms with Gasteiger partial charge >= 0.3 is 0 Å². The first-order valence-corrected chi connectivity index (χ1v) is 10.6. The number of carbonyl (C=O) groups is 3. The van der Waals surface area contributed by atoms with Gasteiger partial charge < -0.3 is 5.32 Å². The Morgan fingerprint density at radius 2 is 1.70 bits per heavy atom. The third-order valence-electron chi connectivity index (χ3n) is 7.09. The number of para-hydroxylation sites is 1. The molecule has 3 heterocycles. The molecule has 6 heteroatoms. The van der Waals surface area contributed by atoms with Crippen LogP contribution in [0.2, 0.25) is 0 Å². The second-order valence-corrected chi connectivity index (χ2v) is 8.62. The van der Waals surface area contributed by atoms with Gasteiger partial charge in [0.25, 0.3) is 0 Å². The molecule has 5 rings (SSSR count). The highest BCUT2D eigenvalue weighted by Crippen LogP contribution is 2.54. The number of rotatable bonds is 4. The third-order valence-corrected chi connectivity index (χ3v) is 7.09. The SMILES string of the molecule is CC[C@@H](C)[C@H]1N[C@]2(C(=O)Nc3ccccc32)[C@@H]2C(=O)N(Cc3ccccc3)C(=O)[C@H]12. The lowest BCUT2D eigenvalue weighted by atomic mass is 9.75.